The maximum Gasteiger partial charge on any atom is 0.319 e. The summed E-state index contributed by atoms with van der Waals surface area (Å²) in [5, 5.41) is 0. The molecule has 1 aromatic carbocycles. The number of methoxy groups -OCH3 is 1. The summed E-state index contributed by atoms with van der Waals surface area (Å²) in [5.74, 6) is -0.400. The van der Waals surface area contributed by atoms with Gasteiger partial charge in [-0.25, -0.2) is 0 Å². The van der Waals surface area contributed by atoms with Crippen molar-refractivity contribution in [1.82, 2.24) is 0 Å². The lowest BCUT2D eigenvalue weighted by molar-refractivity contribution is -0.151. The molecule has 1 aromatic rings. The maximum atomic E-state index is 12.1. The van der Waals surface area contributed by atoms with Gasteiger partial charge in [-0.05, 0) is 25.3 Å². The third kappa shape index (κ3) is 2.23. The zero-order valence-corrected chi connectivity index (χ0v) is 10.2. The summed E-state index contributed by atoms with van der Waals surface area (Å²) in [7, 11) is 1.33. The van der Waals surface area contributed by atoms with E-state index in [2.05, 4.69) is 0 Å². The molecule has 0 N–H and O–H groups in total. The van der Waals surface area contributed by atoms with Crippen molar-refractivity contribution in [1.29, 1.82) is 0 Å². The van der Waals surface area contributed by atoms with Crippen LogP contribution in [0.3, 0.4) is 0 Å². The highest BCUT2D eigenvalue weighted by atomic mass is 16.5. The molecule has 0 atom stereocenters. The van der Waals surface area contributed by atoms with Crippen LogP contribution in [0.4, 0.5) is 0 Å². The Kier molecular flexibility index (Phi) is 3.01. The Hall–Kier alpha value is -1.64. The highest BCUT2D eigenvalue weighted by molar-refractivity contribution is 6.07. The lowest BCUT2D eigenvalue weighted by Gasteiger charge is -2.11. The van der Waals surface area contributed by atoms with E-state index in [1.807, 2.05) is 31.2 Å². The van der Waals surface area contributed by atoms with Gasteiger partial charge in [0.15, 0.2) is 5.78 Å². The molecule has 0 unspecified atom stereocenters. The van der Waals surface area contributed by atoms with Gasteiger partial charge in [0.1, 0.15) is 5.41 Å². The average molecular weight is 232 g/mol. The van der Waals surface area contributed by atoms with E-state index in [1.54, 1.807) is 0 Å². The smallest absolute Gasteiger partial charge is 0.319 e. The number of carbonyl (C=O) groups is 2. The van der Waals surface area contributed by atoms with Crippen molar-refractivity contribution in [2.75, 3.05) is 7.11 Å². The normalized spacial score (nSPS) is 16.4. The lowest BCUT2D eigenvalue weighted by Crippen LogP contribution is -2.28. The minimum Gasteiger partial charge on any atom is -0.468 e. The van der Waals surface area contributed by atoms with Gasteiger partial charge in [0, 0.05) is 6.42 Å². The van der Waals surface area contributed by atoms with Crippen LogP contribution in [0, 0.1) is 12.3 Å². The van der Waals surface area contributed by atoms with Crippen LogP contribution < -0.4 is 0 Å². The van der Waals surface area contributed by atoms with Gasteiger partial charge in [0.05, 0.1) is 7.11 Å². The molecule has 1 saturated carbocycles. The molecule has 3 nitrogen and oxygen atoms in total. The molecular formula is C14H16O3. The van der Waals surface area contributed by atoms with Crippen molar-refractivity contribution < 1.29 is 14.3 Å². The van der Waals surface area contributed by atoms with Crippen LogP contribution in [0.25, 0.3) is 0 Å². The van der Waals surface area contributed by atoms with Crippen molar-refractivity contribution in [3.8, 4) is 0 Å². The van der Waals surface area contributed by atoms with E-state index in [0.29, 0.717) is 19.3 Å². The van der Waals surface area contributed by atoms with Crippen LogP contribution in [0.5, 0.6) is 0 Å². The average Bonchev–Trinajstić information content (AvgIpc) is 3.12. The summed E-state index contributed by atoms with van der Waals surface area (Å²) in [6.07, 6.45) is 1.57. The number of benzene rings is 1. The molecule has 90 valence electrons. The van der Waals surface area contributed by atoms with Gasteiger partial charge in [-0.2, -0.15) is 0 Å². The summed E-state index contributed by atoms with van der Waals surface area (Å²) in [5.41, 5.74) is 1.28. The number of esters is 1. The second kappa shape index (κ2) is 4.32. The molecule has 0 spiro atoms. The summed E-state index contributed by atoms with van der Waals surface area (Å²) in [4.78, 5) is 23.6. The molecule has 2 rings (SSSR count). The van der Waals surface area contributed by atoms with Gasteiger partial charge in [-0.3, -0.25) is 9.59 Å². The van der Waals surface area contributed by atoms with E-state index in [9.17, 15) is 9.59 Å². The molecule has 0 saturated heterocycles. The molecule has 0 bridgehead atoms. The van der Waals surface area contributed by atoms with Crippen LogP contribution in [0.2, 0.25) is 0 Å². The Balaban J connectivity index is 2.07. The van der Waals surface area contributed by atoms with E-state index < -0.39 is 5.41 Å². The van der Waals surface area contributed by atoms with Gasteiger partial charge in [-0.1, -0.05) is 29.8 Å². The first-order valence-corrected chi connectivity index (χ1v) is 5.76. The fraction of sp³-hybridized carbons (Fsp3) is 0.429. The van der Waals surface area contributed by atoms with Gasteiger partial charge in [0.25, 0.3) is 0 Å². The lowest BCUT2D eigenvalue weighted by atomic mass is 9.95. The minimum atomic E-state index is -0.834. The maximum absolute atomic E-state index is 12.1. The number of ether oxygens (including phenoxy) is 1. The van der Waals surface area contributed by atoms with Crippen molar-refractivity contribution in [3.63, 3.8) is 0 Å². The number of aryl methyl sites for hydroxylation is 1. The van der Waals surface area contributed by atoms with Crippen LogP contribution in [-0.2, 0) is 20.7 Å². The van der Waals surface area contributed by atoms with Crippen molar-refractivity contribution >= 4 is 11.8 Å². The fourth-order valence-corrected chi connectivity index (χ4v) is 1.98. The molecule has 0 heterocycles. The van der Waals surface area contributed by atoms with Crippen LogP contribution in [0.15, 0.2) is 24.3 Å². The Labute approximate surface area is 101 Å². The van der Waals surface area contributed by atoms with Crippen LogP contribution >= 0.6 is 0 Å². The second-order valence-electron chi connectivity index (χ2n) is 4.66. The number of hydrogen-bond donors (Lipinski definition) is 0. The number of carbonyl (C=O) groups excluding carboxylic acids is 2. The zero-order chi connectivity index (χ0) is 12.5. The van der Waals surface area contributed by atoms with Crippen LogP contribution in [0.1, 0.15) is 24.0 Å². The summed E-state index contributed by atoms with van der Waals surface area (Å²) >= 11 is 0. The van der Waals surface area contributed by atoms with E-state index >= 15 is 0 Å². The monoisotopic (exact) mass is 232 g/mol. The summed E-state index contributed by atoms with van der Waals surface area (Å²) in [6.45, 7) is 2.00. The number of hydrogen-bond acceptors (Lipinski definition) is 3. The van der Waals surface area contributed by atoms with Crippen molar-refractivity contribution in [3.05, 3.63) is 35.4 Å². The largest absolute Gasteiger partial charge is 0.468 e. The predicted molar refractivity (Wildman–Crippen MR) is 63.6 cm³/mol. The highest BCUT2D eigenvalue weighted by Crippen LogP contribution is 2.48. The third-order valence-electron chi connectivity index (χ3n) is 3.35. The van der Waals surface area contributed by atoms with Gasteiger partial charge in [-0.15, -0.1) is 0 Å². The molecule has 1 fully saturated rings. The van der Waals surface area contributed by atoms with E-state index in [-0.39, 0.29) is 11.8 Å². The quantitative estimate of drug-likeness (QED) is 0.589. The first-order chi connectivity index (χ1) is 8.08. The van der Waals surface area contributed by atoms with Crippen LogP contribution in [-0.4, -0.2) is 18.9 Å². The Morgan fingerprint density at radius 2 is 1.82 bits per heavy atom. The van der Waals surface area contributed by atoms with Gasteiger partial charge < -0.3 is 4.74 Å². The number of Topliss-reactive ketones (excluding diaryl/α,β-unsaturated/α-hetero) is 1. The molecule has 0 aromatic heterocycles. The van der Waals surface area contributed by atoms with E-state index in [4.69, 9.17) is 4.74 Å². The summed E-state index contributed by atoms with van der Waals surface area (Å²) in [6, 6.07) is 7.81. The standard InChI is InChI=1S/C14H16O3/c1-10-3-5-11(6-4-10)9-12(15)14(7-8-14)13(16)17-2/h3-6H,7-9H2,1-2H3. The Bertz CT molecular complexity index is 441. The molecule has 1 aliphatic carbocycles. The molecule has 0 aliphatic heterocycles. The number of ketones is 1. The first-order valence-electron chi connectivity index (χ1n) is 5.76. The minimum absolute atomic E-state index is 0.0202. The van der Waals surface area contributed by atoms with Gasteiger partial charge >= 0.3 is 5.97 Å². The third-order valence-corrected chi connectivity index (χ3v) is 3.35. The van der Waals surface area contributed by atoms with E-state index in [0.717, 1.165) is 11.1 Å². The molecule has 0 radical (unpaired) electrons. The SMILES string of the molecule is COC(=O)C1(C(=O)Cc2ccc(C)cc2)CC1. The second-order valence-corrected chi connectivity index (χ2v) is 4.66. The molecule has 3 heteroatoms. The molecule has 0 amide bonds. The highest BCUT2D eigenvalue weighted by Gasteiger charge is 2.56. The molecular weight excluding hydrogens is 216 g/mol. The predicted octanol–water partition coefficient (Wildman–Crippen LogP) is 2.06. The Morgan fingerprint density at radius 1 is 1.24 bits per heavy atom. The van der Waals surface area contributed by atoms with Crippen molar-refractivity contribution in [2.45, 2.75) is 26.2 Å². The first kappa shape index (κ1) is 11.8. The fourth-order valence-electron chi connectivity index (χ4n) is 1.98. The van der Waals surface area contributed by atoms with Gasteiger partial charge in [0.2, 0.25) is 0 Å². The molecule has 17 heavy (non-hydrogen) atoms. The zero-order valence-electron chi connectivity index (χ0n) is 10.2. The Morgan fingerprint density at radius 3 is 2.29 bits per heavy atom. The molecule has 1 aliphatic rings. The summed E-state index contributed by atoms with van der Waals surface area (Å²) < 4.78 is 4.70. The van der Waals surface area contributed by atoms with E-state index in [1.165, 1.54) is 7.11 Å². The van der Waals surface area contributed by atoms with Crippen molar-refractivity contribution in [2.24, 2.45) is 5.41 Å². The topological polar surface area (TPSA) is 43.4 Å². The number of rotatable bonds is 4.